The van der Waals surface area contributed by atoms with E-state index in [0.29, 0.717) is 33.7 Å². The van der Waals surface area contributed by atoms with Crippen LogP contribution < -0.4 is 0 Å². The fraction of sp³-hybridized carbons (Fsp3) is 0.700. The Morgan fingerprint density at radius 1 is 1.71 bits per heavy atom. The highest BCUT2D eigenvalue weighted by Crippen LogP contribution is 2.26. The van der Waals surface area contributed by atoms with Gasteiger partial charge in [-0.25, -0.2) is 4.39 Å². The van der Waals surface area contributed by atoms with E-state index in [0.717, 1.165) is 0 Å². The fourth-order valence-corrected chi connectivity index (χ4v) is 2.80. The number of hydrogen-bond acceptors (Lipinski definition) is 2. The Bertz CT molecular complexity index is 244. The molecule has 1 aliphatic heterocycles. The molecule has 0 amide bonds. The smallest absolute Gasteiger partial charge is 0.179 e. The maximum absolute atomic E-state index is 13.0. The molecule has 0 radical (unpaired) electrons. The van der Waals surface area contributed by atoms with Gasteiger partial charge in [-0.1, -0.05) is 15.2 Å². The van der Waals surface area contributed by atoms with Gasteiger partial charge < -0.3 is 0 Å². The van der Waals surface area contributed by atoms with Crippen LogP contribution in [0.3, 0.4) is 0 Å². The summed E-state index contributed by atoms with van der Waals surface area (Å²) in [6, 6.07) is 0. The van der Waals surface area contributed by atoms with Gasteiger partial charge in [0.25, 0.3) is 0 Å². The Hall–Kier alpha value is -0.270. The predicted molar refractivity (Wildman–Crippen MR) is 58.9 cm³/mol. The van der Waals surface area contributed by atoms with Crippen LogP contribution in [-0.4, -0.2) is 42.4 Å². The summed E-state index contributed by atoms with van der Waals surface area (Å²) in [5.74, 6) is -0.0619. The molecule has 0 aliphatic carbocycles. The largest absolute Gasteiger partial charge is 0.292 e. The molecule has 0 N–H and O–H groups in total. The molecule has 1 aliphatic rings. The third-order valence-electron chi connectivity index (χ3n) is 2.47. The lowest BCUT2D eigenvalue weighted by Gasteiger charge is -2.24. The number of rotatable bonds is 4. The molecule has 0 aromatic rings. The van der Waals surface area contributed by atoms with Crippen molar-refractivity contribution in [2.45, 2.75) is 25.3 Å². The van der Waals surface area contributed by atoms with Crippen molar-refractivity contribution in [3.05, 3.63) is 12.2 Å². The van der Waals surface area contributed by atoms with Crippen molar-refractivity contribution in [1.29, 1.82) is 0 Å². The van der Waals surface area contributed by atoms with E-state index in [1.54, 1.807) is 6.92 Å². The van der Waals surface area contributed by atoms with Crippen LogP contribution in [0.25, 0.3) is 0 Å². The number of hydrogen-bond donors (Lipinski definition) is 0. The van der Waals surface area contributed by atoms with Crippen molar-refractivity contribution in [2.24, 2.45) is 0 Å². The van der Waals surface area contributed by atoms with Crippen LogP contribution in [0.1, 0.15) is 13.3 Å². The van der Waals surface area contributed by atoms with Gasteiger partial charge in [-0.3, -0.25) is 9.69 Å². The molecular weight excluding hydrogens is 200 g/mol. The van der Waals surface area contributed by atoms with Crippen LogP contribution in [-0.2, 0) is 4.79 Å². The second-order valence-corrected chi connectivity index (χ2v) is 4.84. The summed E-state index contributed by atoms with van der Waals surface area (Å²) in [6.07, 6.45) is -0.198. The molecule has 3 atom stereocenters. The zero-order chi connectivity index (χ0) is 10.7. The molecule has 1 fully saturated rings. The Balaban J connectivity index is 2.62. The molecule has 0 bridgehead atoms. The molecule has 2 nitrogen and oxygen atoms in total. The summed E-state index contributed by atoms with van der Waals surface area (Å²) in [4.78, 5) is 13.7. The molecule has 0 spiro atoms. The molecule has 1 rings (SSSR count). The quantitative estimate of drug-likeness (QED) is 0.528. The summed E-state index contributed by atoms with van der Waals surface area (Å²) in [5, 5.41) is 0. The maximum atomic E-state index is 13.0. The Morgan fingerprint density at radius 3 is 2.71 bits per heavy atom. The van der Waals surface area contributed by atoms with Gasteiger partial charge in [0.05, 0.1) is 5.78 Å². The predicted octanol–water partition coefficient (Wildman–Crippen LogP) is 1.81. The number of ketones is 1. The molecule has 80 valence electrons. The molecule has 1 heterocycles. The molecule has 14 heavy (non-hydrogen) atoms. The SMILES string of the molecule is C=C(C)C(=O)C(PC)N1CCC(F)C1. The van der Waals surface area contributed by atoms with Crippen molar-refractivity contribution in [2.75, 3.05) is 19.8 Å². The molecule has 3 unspecified atom stereocenters. The van der Waals surface area contributed by atoms with E-state index in [2.05, 4.69) is 6.58 Å². The summed E-state index contributed by atoms with van der Waals surface area (Å²) in [7, 11) is 0.495. The highest BCUT2D eigenvalue weighted by molar-refractivity contribution is 7.39. The number of alkyl halides is 1. The number of Topliss-reactive ketones (excluding diaryl/α,β-unsaturated/α-hetero) is 1. The lowest BCUT2D eigenvalue weighted by molar-refractivity contribution is -0.117. The van der Waals surface area contributed by atoms with Gasteiger partial charge >= 0.3 is 0 Å². The van der Waals surface area contributed by atoms with Gasteiger partial charge in [0.1, 0.15) is 6.17 Å². The number of halogens is 1. The first-order chi connectivity index (χ1) is 6.56. The average molecular weight is 217 g/mol. The van der Waals surface area contributed by atoms with Crippen LogP contribution in [0.15, 0.2) is 12.2 Å². The van der Waals surface area contributed by atoms with Crippen LogP contribution in [0.2, 0.25) is 0 Å². The topological polar surface area (TPSA) is 20.3 Å². The van der Waals surface area contributed by atoms with E-state index < -0.39 is 6.17 Å². The molecule has 0 aromatic heterocycles. The van der Waals surface area contributed by atoms with Crippen LogP contribution >= 0.6 is 8.58 Å². The minimum atomic E-state index is -0.758. The van der Waals surface area contributed by atoms with Crippen LogP contribution in [0.4, 0.5) is 4.39 Å². The normalized spacial score (nSPS) is 25.8. The highest BCUT2D eigenvalue weighted by atomic mass is 31.1. The van der Waals surface area contributed by atoms with Gasteiger partial charge in [-0.05, 0) is 25.6 Å². The molecule has 0 aromatic carbocycles. The molecule has 0 saturated carbocycles. The molecule has 1 saturated heterocycles. The highest BCUT2D eigenvalue weighted by Gasteiger charge is 2.31. The maximum Gasteiger partial charge on any atom is 0.179 e. The number of carbonyl (C=O) groups is 1. The first-order valence-corrected chi connectivity index (χ1v) is 6.39. The third kappa shape index (κ3) is 2.61. The van der Waals surface area contributed by atoms with Crippen molar-refractivity contribution < 1.29 is 9.18 Å². The fourth-order valence-electron chi connectivity index (χ4n) is 1.69. The number of carbonyl (C=O) groups excluding carboxylic acids is 1. The van der Waals surface area contributed by atoms with Gasteiger partial charge in [-0.2, -0.15) is 0 Å². The lowest BCUT2D eigenvalue weighted by atomic mass is 10.2. The summed E-state index contributed by atoms with van der Waals surface area (Å²) in [5.41, 5.74) is 0.576. The van der Waals surface area contributed by atoms with Gasteiger partial charge in [-0.15, -0.1) is 0 Å². The lowest BCUT2D eigenvalue weighted by Crippen LogP contribution is -2.36. The van der Waals surface area contributed by atoms with E-state index >= 15 is 0 Å². The molecule has 4 heteroatoms. The van der Waals surface area contributed by atoms with Crippen LogP contribution in [0, 0.1) is 0 Å². The van der Waals surface area contributed by atoms with Crippen molar-refractivity contribution >= 4 is 14.4 Å². The number of likely N-dealkylation sites (tertiary alicyclic amines) is 1. The van der Waals surface area contributed by atoms with E-state index in [9.17, 15) is 9.18 Å². The third-order valence-corrected chi connectivity index (χ3v) is 3.64. The van der Waals surface area contributed by atoms with Crippen molar-refractivity contribution in [3.8, 4) is 0 Å². The van der Waals surface area contributed by atoms with E-state index in [1.807, 2.05) is 11.6 Å². The first kappa shape index (κ1) is 11.8. The van der Waals surface area contributed by atoms with Gasteiger partial charge in [0.15, 0.2) is 5.78 Å². The van der Waals surface area contributed by atoms with E-state index in [-0.39, 0.29) is 11.6 Å². The Kier molecular flexibility index (Phi) is 4.21. The van der Waals surface area contributed by atoms with Gasteiger partial charge in [0, 0.05) is 13.1 Å². The van der Waals surface area contributed by atoms with E-state index in [4.69, 9.17) is 0 Å². The monoisotopic (exact) mass is 217 g/mol. The summed E-state index contributed by atoms with van der Waals surface area (Å²) < 4.78 is 13.0. The van der Waals surface area contributed by atoms with Crippen molar-refractivity contribution in [1.82, 2.24) is 4.90 Å². The van der Waals surface area contributed by atoms with E-state index in [1.165, 1.54) is 0 Å². The molecular formula is C10H17FNOP. The zero-order valence-corrected chi connectivity index (χ0v) is 9.72. The Labute approximate surface area is 86.3 Å². The second-order valence-electron chi connectivity index (χ2n) is 3.72. The van der Waals surface area contributed by atoms with Crippen molar-refractivity contribution in [3.63, 3.8) is 0 Å². The minimum Gasteiger partial charge on any atom is -0.292 e. The summed E-state index contributed by atoms with van der Waals surface area (Å²) >= 11 is 0. The van der Waals surface area contributed by atoms with Gasteiger partial charge in [0.2, 0.25) is 0 Å². The minimum absolute atomic E-state index is 0.0694. The Morgan fingerprint density at radius 2 is 2.36 bits per heavy atom. The average Bonchev–Trinajstić information content (AvgIpc) is 2.53. The summed E-state index contributed by atoms with van der Waals surface area (Å²) in [6.45, 7) is 8.46. The second kappa shape index (κ2) is 4.99. The van der Waals surface area contributed by atoms with Crippen LogP contribution in [0.5, 0.6) is 0 Å². The standard InChI is InChI=1S/C10H17FNOP/c1-7(2)9(13)10(14-3)12-5-4-8(11)6-12/h8,10,14H,1,4-6H2,2-3H3. The first-order valence-electron chi connectivity index (χ1n) is 4.81. The number of nitrogens with zero attached hydrogens (tertiary/aromatic N) is 1. The zero-order valence-electron chi connectivity index (χ0n) is 8.72.